The topological polar surface area (TPSA) is 15.3 Å². The van der Waals surface area contributed by atoms with Crippen molar-refractivity contribution >= 4 is 28.4 Å². The van der Waals surface area contributed by atoms with Crippen LogP contribution in [0.3, 0.4) is 0 Å². The molecule has 0 radical (unpaired) electrons. The summed E-state index contributed by atoms with van der Waals surface area (Å²) in [6.45, 7) is 6.34. The molecule has 0 aliphatic rings. The predicted octanol–water partition coefficient (Wildman–Crippen LogP) is 7.83. The van der Waals surface area contributed by atoms with Crippen molar-refractivity contribution in [1.82, 2.24) is 0 Å². The molecule has 4 rings (SSSR count). The van der Waals surface area contributed by atoms with Crippen LogP contribution in [0, 0.1) is 20.8 Å². The first-order valence-corrected chi connectivity index (χ1v) is 9.96. The van der Waals surface area contributed by atoms with Gasteiger partial charge < -0.3 is 10.2 Å². The van der Waals surface area contributed by atoms with E-state index in [1.54, 1.807) is 0 Å². The summed E-state index contributed by atoms with van der Waals surface area (Å²) in [4.78, 5) is 2.29. The molecule has 0 aliphatic carbocycles. The largest absolute Gasteiger partial charge is 0.356 e. The number of anilines is 5. The molecule has 0 saturated carbocycles. The van der Waals surface area contributed by atoms with Crippen LogP contribution < -0.4 is 10.2 Å². The number of hydrogen-bond donors (Lipinski definition) is 1. The van der Waals surface area contributed by atoms with Gasteiger partial charge in [-0.05, 0) is 87.0 Å². The van der Waals surface area contributed by atoms with E-state index in [9.17, 15) is 0 Å². The Hall–Kier alpha value is -3.52. The molecule has 29 heavy (non-hydrogen) atoms. The molecule has 4 aromatic carbocycles. The second kappa shape index (κ2) is 8.24. The Morgan fingerprint density at radius 1 is 0.483 bits per heavy atom. The molecule has 2 nitrogen and oxygen atoms in total. The van der Waals surface area contributed by atoms with Gasteiger partial charge in [0.2, 0.25) is 0 Å². The van der Waals surface area contributed by atoms with E-state index in [0.29, 0.717) is 0 Å². The van der Waals surface area contributed by atoms with Crippen molar-refractivity contribution in [3.63, 3.8) is 0 Å². The maximum absolute atomic E-state index is 3.49. The van der Waals surface area contributed by atoms with Crippen molar-refractivity contribution in [3.05, 3.63) is 114 Å². The first kappa shape index (κ1) is 18.8. The fraction of sp³-hybridized carbons (Fsp3) is 0.111. The van der Waals surface area contributed by atoms with Crippen LogP contribution in [0.2, 0.25) is 0 Å². The minimum absolute atomic E-state index is 1.08. The van der Waals surface area contributed by atoms with E-state index >= 15 is 0 Å². The summed E-state index contributed by atoms with van der Waals surface area (Å²) >= 11 is 0. The molecule has 0 atom stereocenters. The fourth-order valence-electron chi connectivity index (χ4n) is 3.42. The van der Waals surface area contributed by atoms with Gasteiger partial charge in [0.05, 0.1) is 0 Å². The van der Waals surface area contributed by atoms with Gasteiger partial charge in [0.25, 0.3) is 0 Å². The van der Waals surface area contributed by atoms with Crippen molar-refractivity contribution in [2.24, 2.45) is 0 Å². The SMILES string of the molecule is Cc1ccc(N(c2ccc(C)cc2)c2ccc(Nc3cccc(C)c3)cc2)cc1. The van der Waals surface area contributed by atoms with E-state index in [-0.39, 0.29) is 0 Å². The molecule has 0 saturated heterocycles. The first-order chi connectivity index (χ1) is 14.1. The molecular weight excluding hydrogens is 352 g/mol. The number of benzene rings is 4. The Kier molecular flexibility index (Phi) is 5.35. The van der Waals surface area contributed by atoms with Gasteiger partial charge in [0.15, 0.2) is 0 Å². The van der Waals surface area contributed by atoms with Crippen LogP contribution in [0.25, 0.3) is 0 Å². The second-order valence-electron chi connectivity index (χ2n) is 7.55. The highest BCUT2D eigenvalue weighted by molar-refractivity contribution is 5.78. The zero-order valence-electron chi connectivity index (χ0n) is 17.2. The molecule has 144 valence electrons. The van der Waals surface area contributed by atoms with E-state index in [0.717, 1.165) is 28.4 Å². The number of aryl methyl sites for hydroxylation is 3. The van der Waals surface area contributed by atoms with Crippen molar-refractivity contribution in [3.8, 4) is 0 Å². The Labute approximate surface area is 173 Å². The molecule has 1 N–H and O–H groups in total. The summed E-state index contributed by atoms with van der Waals surface area (Å²) in [7, 11) is 0. The minimum Gasteiger partial charge on any atom is -0.356 e. The Balaban J connectivity index is 1.67. The van der Waals surface area contributed by atoms with Crippen molar-refractivity contribution in [2.75, 3.05) is 10.2 Å². The molecule has 0 bridgehead atoms. The maximum atomic E-state index is 3.49. The minimum atomic E-state index is 1.08. The molecule has 0 aliphatic heterocycles. The van der Waals surface area contributed by atoms with Crippen molar-refractivity contribution < 1.29 is 0 Å². The highest BCUT2D eigenvalue weighted by Crippen LogP contribution is 2.35. The van der Waals surface area contributed by atoms with Gasteiger partial charge >= 0.3 is 0 Å². The van der Waals surface area contributed by atoms with Gasteiger partial charge in [-0.2, -0.15) is 0 Å². The van der Waals surface area contributed by atoms with Crippen LogP contribution in [-0.4, -0.2) is 0 Å². The van der Waals surface area contributed by atoms with E-state index < -0.39 is 0 Å². The average molecular weight is 379 g/mol. The normalized spacial score (nSPS) is 10.6. The molecule has 0 spiro atoms. The summed E-state index contributed by atoms with van der Waals surface area (Å²) in [5.41, 5.74) is 9.38. The van der Waals surface area contributed by atoms with Gasteiger partial charge in [-0.3, -0.25) is 0 Å². The van der Waals surface area contributed by atoms with Crippen molar-refractivity contribution in [1.29, 1.82) is 0 Å². The second-order valence-corrected chi connectivity index (χ2v) is 7.55. The first-order valence-electron chi connectivity index (χ1n) is 9.96. The van der Waals surface area contributed by atoms with Crippen LogP contribution in [-0.2, 0) is 0 Å². The molecule has 0 fully saturated rings. The maximum Gasteiger partial charge on any atom is 0.0463 e. The third kappa shape index (κ3) is 4.49. The lowest BCUT2D eigenvalue weighted by atomic mass is 10.1. The Morgan fingerprint density at radius 3 is 1.45 bits per heavy atom. The van der Waals surface area contributed by atoms with Crippen LogP contribution in [0.15, 0.2) is 97.1 Å². The summed E-state index contributed by atoms with van der Waals surface area (Å²) in [6.07, 6.45) is 0. The molecular formula is C27H26N2. The Morgan fingerprint density at radius 2 is 0.966 bits per heavy atom. The lowest BCUT2D eigenvalue weighted by Crippen LogP contribution is -2.09. The lowest BCUT2D eigenvalue weighted by molar-refractivity contribution is 1.27. The van der Waals surface area contributed by atoms with Gasteiger partial charge in [-0.15, -0.1) is 0 Å². The summed E-state index contributed by atoms with van der Waals surface area (Å²) in [5, 5.41) is 3.49. The van der Waals surface area contributed by atoms with E-state index in [1.165, 1.54) is 16.7 Å². The summed E-state index contributed by atoms with van der Waals surface area (Å²) in [5.74, 6) is 0. The predicted molar refractivity (Wildman–Crippen MR) is 125 cm³/mol. The number of nitrogens with one attached hydrogen (secondary N) is 1. The monoisotopic (exact) mass is 378 g/mol. The summed E-state index contributed by atoms with van der Waals surface area (Å²) in [6, 6.07) is 34.3. The average Bonchev–Trinajstić information content (AvgIpc) is 2.72. The van der Waals surface area contributed by atoms with Crippen LogP contribution in [0.5, 0.6) is 0 Å². The van der Waals surface area contributed by atoms with Crippen LogP contribution >= 0.6 is 0 Å². The third-order valence-corrected chi connectivity index (χ3v) is 5.02. The van der Waals surface area contributed by atoms with Gasteiger partial charge in [0.1, 0.15) is 0 Å². The van der Waals surface area contributed by atoms with E-state index in [4.69, 9.17) is 0 Å². The Bertz CT molecular complexity index is 1030. The third-order valence-electron chi connectivity index (χ3n) is 5.02. The quantitative estimate of drug-likeness (QED) is 0.381. The molecule has 0 unspecified atom stereocenters. The van der Waals surface area contributed by atoms with Gasteiger partial charge in [-0.1, -0.05) is 47.5 Å². The van der Waals surface area contributed by atoms with E-state index in [1.807, 2.05) is 0 Å². The van der Waals surface area contributed by atoms with Crippen LogP contribution in [0.4, 0.5) is 28.4 Å². The van der Waals surface area contributed by atoms with Crippen LogP contribution in [0.1, 0.15) is 16.7 Å². The zero-order valence-corrected chi connectivity index (χ0v) is 17.2. The van der Waals surface area contributed by atoms with Gasteiger partial charge in [-0.25, -0.2) is 0 Å². The van der Waals surface area contributed by atoms with Crippen molar-refractivity contribution in [2.45, 2.75) is 20.8 Å². The van der Waals surface area contributed by atoms with E-state index in [2.05, 4.69) is 128 Å². The molecule has 0 heterocycles. The zero-order chi connectivity index (χ0) is 20.2. The fourth-order valence-corrected chi connectivity index (χ4v) is 3.42. The number of nitrogens with zero attached hydrogens (tertiary/aromatic N) is 1. The number of rotatable bonds is 5. The highest BCUT2D eigenvalue weighted by Gasteiger charge is 2.12. The molecule has 0 amide bonds. The standard InChI is InChI=1S/C27H26N2/c1-20-7-13-25(14-8-20)29(26-15-9-21(2)10-16-26)27-17-11-23(12-18-27)28-24-6-4-5-22(3)19-24/h4-19,28H,1-3H3. The molecule has 2 heteroatoms. The van der Waals surface area contributed by atoms with Gasteiger partial charge in [0, 0.05) is 28.4 Å². The number of hydrogen-bond acceptors (Lipinski definition) is 2. The smallest absolute Gasteiger partial charge is 0.0463 e. The lowest BCUT2D eigenvalue weighted by Gasteiger charge is -2.26. The summed E-state index contributed by atoms with van der Waals surface area (Å²) < 4.78 is 0. The molecule has 4 aromatic rings. The highest BCUT2D eigenvalue weighted by atomic mass is 15.1. The molecule has 0 aromatic heterocycles.